The minimum absolute atomic E-state index is 0.351. The van der Waals surface area contributed by atoms with Crippen molar-refractivity contribution >= 4 is 18.4 Å². The molecule has 0 saturated heterocycles. The lowest BCUT2D eigenvalue weighted by atomic mass is 10.0. The van der Waals surface area contributed by atoms with E-state index in [1.165, 1.54) is 0 Å². The Morgan fingerprint density at radius 2 is 1.96 bits per heavy atom. The third kappa shape index (κ3) is 4.77. The van der Waals surface area contributed by atoms with Crippen LogP contribution in [0.2, 0.25) is 0 Å². The van der Waals surface area contributed by atoms with E-state index >= 15 is 0 Å². The monoisotopic (exact) mass is 346 g/mol. The first-order chi connectivity index (χ1) is 11.7. The lowest BCUT2D eigenvalue weighted by Crippen LogP contribution is -2.05. The van der Waals surface area contributed by atoms with Gasteiger partial charge in [0.15, 0.2) is 5.82 Å². The second-order valence-electron chi connectivity index (χ2n) is 5.73. The van der Waals surface area contributed by atoms with Crippen molar-refractivity contribution < 1.29 is 4.74 Å². The van der Waals surface area contributed by atoms with Gasteiger partial charge in [0, 0.05) is 5.92 Å². The fourth-order valence-corrected chi connectivity index (χ4v) is 2.63. The third-order valence-corrected chi connectivity index (χ3v) is 4.26. The maximum absolute atomic E-state index is 5.67. The summed E-state index contributed by atoms with van der Waals surface area (Å²) in [6.45, 7) is 7.21. The molecule has 0 fully saturated rings. The average Bonchev–Trinajstić information content (AvgIpc) is 2.96. The molecule has 6 heteroatoms. The van der Waals surface area contributed by atoms with Gasteiger partial charge in [-0.2, -0.15) is 14.9 Å². The Kier molecular flexibility index (Phi) is 7.18. The Hall–Kier alpha value is -1.95. The molecule has 2 rings (SSSR count). The van der Waals surface area contributed by atoms with Crippen molar-refractivity contribution in [3.05, 3.63) is 40.4 Å². The van der Waals surface area contributed by atoms with Crippen molar-refractivity contribution in [2.24, 2.45) is 5.10 Å². The van der Waals surface area contributed by atoms with Gasteiger partial charge in [-0.3, -0.25) is 5.10 Å². The van der Waals surface area contributed by atoms with E-state index in [4.69, 9.17) is 17.0 Å². The predicted molar refractivity (Wildman–Crippen MR) is 101 cm³/mol. The Labute approximate surface area is 148 Å². The number of aromatic nitrogens is 3. The fourth-order valence-electron chi connectivity index (χ4n) is 2.44. The predicted octanol–water partition coefficient (Wildman–Crippen LogP) is 4.91. The SMILES string of the molecule is CCCCOc1ccc(/C=N\n2c(C(CC)CC)n[nH]c2=S)cc1. The molecule has 2 aromatic rings. The maximum Gasteiger partial charge on any atom is 0.216 e. The highest BCUT2D eigenvalue weighted by Gasteiger charge is 2.14. The molecule has 0 bridgehead atoms. The number of hydrogen-bond acceptors (Lipinski definition) is 4. The Bertz CT molecular complexity index is 699. The van der Waals surface area contributed by atoms with Crippen LogP contribution in [0.4, 0.5) is 0 Å². The van der Waals surface area contributed by atoms with E-state index in [9.17, 15) is 0 Å². The zero-order valence-corrected chi connectivity index (χ0v) is 15.5. The lowest BCUT2D eigenvalue weighted by molar-refractivity contribution is 0.309. The second-order valence-corrected chi connectivity index (χ2v) is 6.11. The molecular weight excluding hydrogens is 320 g/mol. The van der Waals surface area contributed by atoms with Crippen molar-refractivity contribution in [1.82, 2.24) is 14.9 Å². The highest BCUT2D eigenvalue weighted by atomic mass is 32.1. The standard InChI is InChI=1S/C18H26N4OS/c1-4-7-12-23-16-10-8-14(9-11-16)13-19-22-17(15(5-2)6-3)20-21-18(22)24/h8-11,13,15H,4-7,12H2,1-3H3,(H,21,24)/b19-13-. The molecule has 0 amide bonds. The molecule has 1 N–H and O–H groups in total. The summed E-state index contributed by atoms with van der Waals surface area (Å²) in [6.07, 6.45) is 6.02. The van der Waals surface area contributed by atoms with Gasteiger partial charge < -0.3 is 4.74 Å². The molecule has 130 valence electrons. The van der Waals surface area contributed by atoms with E-state index in [2.05, 4.69) is 36.1 Å². The largest absolute Gasteiger partial charge is 0.494 e. The summed E-state index contributed by atoms with van der Waals surface area (Å²) in [5, 5.41) is 11.7. The Morgan fingerprint density at radius 3 is 2.58 bits per heavy atom. The van der Waals surface area contributed by atoms with Gasteiger partial charge in [-0.05, 0) is 61.3 Å². The number of ether oxygens (including phenoxy) is 1. The zero-order valence-electron chi connectivity index (χ0n) is 14.7. The highest BCUT2D eigenvalue weighted by molar-refractivity contribution is 7.71. The van der Waals surface area contributed by atoms with Crippen LogP contribution < -0.4 is 4.74 Å². The van der Waals surface area contributed by atoms with Gasteiger partial charge in [-0.15, -0.1) is 0 Å². The lowest BCUT2D eigenvalue weighted by Gasteiger charge is -2.10. The summed E-state index contributed by atoms with van der Waals surface area (Å²) in [5.41, 5.74) is 0.997. The van der Waals surface area contributed by atoms with Gasteiger partial charge in [-0.1, -0.05) is 27.2 Å². The normalized spacial score (nSPS) is 11.5. The molecule has 1 aromatic carbocycles. The Balaban J connectivity index is 2.11. The van der Waals surface area contributed by atoms with Crippen LogP contribution in [-0.4, -0.2) is 27.7 Å². The van der Waals surface area contributed by atoms with E-state index in [0.29, 0.717) is 10.7 Å². The molecule has 5 nitrogen and oxygen atoms in total. The van der Waals surface area contributed by atoms with Crippen molar-refractivity contribution in [3.63, 3.8) is 0 Å². The van der Waals surface area contributed by atoms with Gasteiger partial charge in [-0.25, -0.2) is 0 Å². The van der Waals surface area contributed by atoms with Crippen LogP contribution in [-0.2, 0) is 0 Å². The molecule has 1 heterocycles. The van der Waals surface area contributed by atoms with Crippen LogP contribution in [0.1, 0.15) is 63.8 Å². The Morgan fingerprint density at radius 1 is 1.25 bits per heavy atom. The molecular formula is C18H26N4OS. The minimum Gasteiger partial charge on any atom is -0.494 e. The fraction of sp³-hybridized carbons (Fsp3) is 0.500. The van der Waals surface area contributed by atoms with Crippen molar-refractivity contribution in [2.45, 2.75) is 52.4 Å². The molecule has 0 unspecified atom stereocenters. The molecule has 0 atom stereocenters. The van der Waals surface area contributed by atoms with Crippen LogP contribution in [0.3, 0.4) is 0 Å². The highest BCUT2D eigenvalue weighted by Crippen LogP contribution is 2.21. The first-order valence-corrected chi connectivity index (χ1v) is 9.04. The number of H-pyrrole nitrogens is 1. The summed E-state index contributed by atoms with van der Waals surface area (Å²) < 4.78 is 7.91. The van der Waals surface area contributed by atoms with Crippen LogP contribution in [0, 0.1) is 4.77 Å². The van der Waals surface area contributed by atoms with E-state index in [-0.39, 0.29) is 0 Å². The summed E-state index contributed by atoms with van der Waals surface area (Å²) in [4.78, 5) is 0. The summed E-state index contributed by atoms with van der Waals surface area (Å²) >= 11 is 5.29. The van der Waals surface area contributed by atoms with Crippen molar-refractivity contribution in [1.29, 1.82) is 0 Å². The average molecular weight is 346 g/mol. The van der Waals surface area contributed by atoms with Gasteiger partial charge in [0.05, 0.1) is 12.8 Å². The van der Waals surface area contributed by atoms with Gasteiger partial charge in [0.1, 0.15) is 5.75 Å². The second kappa shape index (κ2) is 9.37. The number of unbranched alkanes of at least 4 members (excludes halogenated alkanes) is 1. The summed E-state index contributed by atoms with van der Waals surface area (Å²) in [5.74, 6) is 2.13. The first kappa shape index (κ1) is 18.4. The van der Waals surface area contributed by atoms with Gasteiger partial charge in [0.25, 0.3) is 0 Å². The summed E-state index contributed by atoms with van der Waals surface area (Å²) in [6, 6.07) is 7.91. The molecule has 0 saturated carbocycles. The summed E-state index contributed by atoms with van der Waals surface area (Å²) in [7, 11) is 0. The topological polar surface area (TPSA) is 55.2 Å². The van der Waals surface area contributed by atoms with Crippen LogP contribution >= 0.6 is 12.2 Å². The molecule has 0 aliphatic rings. The van der Waals surface area contributed by atoms with E-state index in [1.807, 2.05) is 24.3 Å². The van der Waals surface area contributed by atoms with E-state index < -0.39 is 0 Å². The number of nitrogens with zero attached hydrogens (tertiary/aromatic N) is 3. The van der Waals surface area contributed by atoms with Crippen LogP contribution in [0.15, 0.2) is 29.4 Å². The van der Waals surface area contributed by atoms with Crippen LogP contribution in [0.5, 0.6) is 5.75 Å². The molecule has 0 radical (unpaired) electrons. The minimum atomic E-state index is 0.351. The van der Waals surface area contributed by atoms with Gasteiger partial charge >= 0.3 is 0 Å². The van der Waals surface area contributed by atoms with E-state index in [1.54, 1.807) is 10.9 Å². The van der Waals surface area contributed by atoms with Crippen LogP contribution in [0.25, 0.3) is 0 Å². The quantitative estimate of drug-likeness (QED) is 0.399. The molecule has 0 aliphatic heterocycles. The molecule has 1 aromatic heterocycles. The van der Waals surface area contributed by atoms with Crippen molar-refractivity contribution in [3.8, 4) is 5.75 Å². The molecule has 0 spiro atoms. The maximum atomic E-state index is 5.67. The number of nitrogens with one attached hydrogen (secondary N) is 1. The number of hydrogen-bond donors (Lipinski definition) is 1. The van der Waals surface area contributed by atoms with Crippen molar-refractivity contribution in [2.75, 3.05) is 6.61 Å². The zero-order chi connectivity index (χ0) is 17.4. The van der Waals surface area contributed by atoms with Gasteiger partial charge in [0.2, 0.25) is 4.77 Å². The number of aromatic amines is 1. The first-order valence-electron chi connectivity index (χ1n) is 8.64. The smallest absolute Gasteiger partial charge is 0.216 e. The van der Waals surface area contributed by atoms with E-state index in [0.717, 1.165) is 49.4 Å². The molecule has 0 aliphatic carbocycles. The molecule has 24 heavy (non-hydrogen) atoms. The number of benzene rings is 1. The third-order valence-electron chi connectivity index (χ3n) is 4.00. The number of rotatable bonds is 9.